The van der Waals surface area contributed by atoms with E-state index < -0.39 is 0 Å². The van der Waals surface area contributed by atoms with Crippen LogP contribution in [0, 0.1) is 5.92 Å². The molecule has 0 aliphatic rings. The number of hydrogen-bond donors (Lipinski definition) is 3. The van der Waals surface area contributed by atoms with Gasteiger partial charge in [0.2, 0.25) is 0 Å². The normalized spacial score (nSPS) is 13.8. The summed E-state index contributed by atoms with van der Waals surface area (Å²) in [6.45, 7) is 4.13. The Morgan fingerprint density at radius 1 is 1.30 bits per heavy atom. The van der Waals surface area contributed by atoms with Crippen LogP contribution in [0.2, 0.25) is 0 Å². The fourth-order valence-corrected chi connectivity index (χ4v) is 2.19. The van der Waals surface area contributed by atoms with Crippen LogP contribution in [0.1, 0.15) is 19.4 Å². The van der Waals surface area contributed by atoms with Gasteiger partial charge in [-0.1, -0.05) is 13.8 Å². The number of aromatic amines is 3. The molecule has 0 unspecified atom stereocenters. The molecule has 3 aromatic rings. The van der Waals surface area contributed by atoms with Gasteiger partial charge in [0.15, 0.2) is 0 Å². The van der Waals surface area contributed by atoms with Gasteiger partial charge in [0.05, 0.1) is 0 Å². The number of fused-ring (bicyclic) bond motifs is 1. The molecule has 5 heteroatoms. The summed E-state index contributed by atoms with van der Waals surface area (Å²) in [5, 5.41) is 1.54. The number of rotatable bonds is 2. The van der Waals surface area contributed by atoms with E-state index in [4.69, 9.17) is 0 Å². The molecule has 0 atom stereocenters. The highest BCUT2D eigenvalue weighted by Gasteiger charge is 2.02. The first-order chi connectivity index (χ1) is 9.63. The van der Waals surface area contributed by atoms with Gasteiger partial charge in [-0.3, -0.25) is 4.79 Å². The molecule has 0 saturated carbocycles. The second kappa shape index (κ2) is 4.85. The molecule has 3 heterocycles. The molecule has 0 amide bonds. The Hall–Kier alpha value is -2.56. The standard InChI is InChI=1S/C15H16N4O/c1-9(2)6-13-18-12(15(20)19-13)7-10-8-17-14-11(10)4-3-5-16-14/h3-9,18H,1-2H3,(H,16,17)(H,19,20). The van der Waals surface area contributed by atoms with E-state index in [-0.39, 0.29) is 5.56 Å². The van der Waals surface area contributed by atoms with Gasteiger partial charge in [0.25, 0.3) is 5.56 Å². The van der Waals surface area contributed by atoms with Crippen LogP contribution in [0.5, 0.6) is 0 Å². The third-order valence-electron chi connectivity index (χ3n) is 3.05. The van der Waals surface area contributed by atoms with Gasteiger partial charge in [-0.25, -0.2) is 4.98 Å². The Bertz CT molecular complexity index is 911. The lowest BCUT2D eigenvalue weighted by Gasteiger charge is -1.89. The van der Waals surface area contributed by atoms with Crippen molar-refractivity contribution in [2.24, 2.45) is 5.92 Å². The van der Waals surface area contributed by atoms with Crippen molar-refractivity contribution in [1.82, 2.24) is 19.9 Å². The van der Waals surface area contributed by atoms with Crippen LogP contribution < -0.4 is 16.4 Å². The van der Waals surface area contributed by atoms with Gasteiger partial charge in [0.1, 0.15) is 16.5 Å². The molecular weight excluding hydrogens is 252 g/mol. The molecule has 20 heavy (non-hydrogen) atoms. The molecular formula is C15H16N4O. The van der Waals surface area contributed by atoms with Crippen molar-refractivity contribution >= 4 is 23.2 Å². The summed E-state index contributed by atoms with van der Waals surface area (Å²) in [6.07, 6.45) is 7.40. The first-order valence-electron chi connectivity index (χ1n) is 6.57. The molecule has 3 rings (SSSR count). The minimum Gasteiger partial charge on any atom is -0.346 e. The summed E-state index contributed by atoms with van der Waals surface area (Å²) in [7, 11) is 0. The van der Waals surface area contributed by atoms with Crippen molar-refractivity contribution in [2.75, 3.05) is 0 Å². The summed E-state index contributed by atoms with van der Waals surface area (Å²) in [4.78, 5) is 25.2. The minimum atomic E-state index is -0.116. The predicted molar refractivity (Wildman–Crippen MR) is 79.6 cm³/mol. The molecule has 102 valence electrons. The zero-order valence-corrected chi connectivity index (χ0v) is 11.4. The Morgan fingerprint density at radius 2 is 2.15 bits per heavy atom. The maximum absolute atomic E-state index is 11.9. The molecule has 0 radical (unpaired) electrons. The first-order valence-corrected chi connectivity index (χ1v) is 6.57. The largest absolute Gasteiger partial charge is 0.346 e. The maximum Gasteiger partial charge on any atom is 0.273 e. The van der Waals surface area contributed by atoms with E-state index in [1.54, 1.807) is 6.20 Å². The van der Waals surface area contributed by atoms with Crippen LogP contribution in [-0.2, 0) is 0 Å². The predicted octanol–water partition coefficient (Wildman–Crippen LogP) is 0.845. The van der Waals surface area contributed by atoms with Gasteiger partial charge < -0.3 is 15.0 Å². The summed E-state index contributed by atoms with van der Waals surface area (Å²) in [5.74, 6) is 0.370. The average molecular weight is 268 g/mol. The Balaban J connectivity index is 2.18. The molecule has 3 N–H and O–H groups in total. The van der Waals surface area contributed by atoms with Crippen molar-refractivity contribution < 1.29 is 0 Å². The van der Waals surface area contributed by atoms with Crippen molar-refractivity contribution in [3.63, 3.8) is 0 Å². The minimum absolute atomic E-state index is 0.116. The molecule has 0 spiro atoms. The lowest BCUT2D eigenvalue weighted by Crippen LogP contribution is -2.22. The van der Waals surface area contributed by atoms with Crippen molar-refractivity contribution in [3.8, 4) is 0 Å². The number of nitrogens with zero attached hydrogens (tertiary/aromatic N) is 1. The molecule has 0 fully saturated rings. The summed E-state index contributed by atoms with van der Waals surface area (Å²) in [6, 6.07) is 3.85. The average Bonchev–Trinajstić information content (AvgIpc) is 2.95. The second-order valence-corrected chi connectivity index (χ2v) is 5.11. The molecule has 0 aromatic carbocycles. The van der Waals surface area contributed by atoms with Crippen molar-refractivity contribution in [2.45, 2.75) is 13.8 Å². The number of aromatic nitrogens is 4. The number of pyridine rings is 1. The van der Waals surface area contributed by atoms with Gasteiger partial charge in [-0.2, -0.15) is 0 Å². The quantitative estimate of drug-likeness (QED) is 0.644. The zero-order chi connectivity index (χ0) is 14.1. The summed E-state index contributed by atoms with van der Waals surface area (Å²) >= 11 is 0. The first kappa shape index (κ1) is 12.5. The molecule has 0 aliphatic carbocycles. The van der Waals surface area contributed by atoms with E-state index in [0.717, 1.165) is 22.1 Å². The molecule has 0 saturated heterocycles. The van der Waals surface area contributed by atoms with Crippen LogP contribution in [-0.4, -0.2) is 19.9 Å². The Morgan fingerprint density at radius 3 is 2.95 bits per heavy atom. The highest BCUT2D eigenvalue weighted by molar-refractivity contribution is 5.85. The van der Waals surface area contributed by atoms with E-state index in [0.29, 0.717) is 11.3 Å². The fraction of sp³-hybridized carbons (Fsp3) is 0.200. The van der Waals surface area contributed by atoms with E-state index in [9.17, 15) is 4.79 Å². The molecule has 5 nitrogen and oxygen atoms in total. The fourth-order valence-electron chi connectivity index (χ4n) is 2.19. The number of imidazole rings is 1. The molecule has 0 aliphatic heterocycles. The molecule has 3 aromatic heterocycles. The highest BCUT2D eigenvalue weighted by atomic mass is 16.1. The van der Waals surface area contributed by atoms with E-state index in [1.807, 2.05) is 30.5 Å². The van der Waals surface area contributed by atoms with Gasteiger partial charge in [-0.15, -0.1) is 0 Å². The van der Waals surface area contributed by atoms with Crippen LogP contribution in [0.4, 0.5) is 0 Å². The van der Waals surface area contributed by atoms with Crippen molar-refractivity contribution in [1.29, 1.82) is 0 Å². The van der Waals surface area contributed by atoms with Crippen LogP contribution in [0.15, 0.2) is 29.3 Å². The number of hydrogen-bond acceptors (Lipinski definition) is 2. The van der Waals surface area contributed by atoms with Crippen molar-refractivity contribution in [3.05, 3.63) is 51.3 Å². The number of nitrogens with one attached hydrogen (secondary N) is 3. The van der Waals surface area contributed by atoms with E-state index in [1.165, 1.54) is 0 Å². The smallest absolute Gasteiger partial charge is 0.273 e. The number of H-pyrrole nitrogens is 3. The Labute approximate surface area is 115 Å². The van der Waals surface area contributed by atoms with Crippen LogP contribution in [0.25, 0.3) is 23.2 Å². The molecule has 0 bridgehead atoms. The van der Waals surface area contributed by atoms with E-state index in [2.05, 4.69) is 33.8 Å². The third-order valence-corrected chi connectivity index (χ3v) is 3.05. The van der Waals surface area contributed by atoms with Gasteiger partial charge in [0, 0.05) is 23.3 Å². The lowest BCUT2D eigenvalue weighted by molar-refractivity contribution is 0.871. The van der Waals surface area contributed by atoms with Crippen LogP contribution >= 0.6 is 0 Å². The maximum atomic E-state index is 11.9. The zero-order valence-electron chi connectivity index (χ0n) is 11.4. The van der Waals surface area contributed by atoms with E-state index >= 15 is 0 Å². The summed E-state index contributed by atoms with van der Waals surface area (Å²) < 4.78 is 0. The topological polar surface area (TPSA) is 77.3 Å². The van der Waals surface area contributed by atoms with Gasteiger partial charge in [-0.05, 0) is 30.2 Å². The SMILES string of the molecule is CC(C)C=c1[nH]c(=O)c(=Cc2c[nH]c3ncccc23)[nH]1. The second-order valence-electron chi connectivity index (χ2n) is 5.11. The Kier molecular flexibility index (Phi) is 3.02. The third kappa shape index (κ3) is 2.30. The summed E-state index contributed by atoms with van der Waals surface area (Å²) in [5.41, 5.74) is 2.39. The monoisotopic (exact) mass is 268 g/mol. The van der Waals surface area contributed by atoms with Gasteiger partial charge >= 0.3 is 0 Å². The lowest BCUT2D eigenvalue weighted by atomic mass is 10.2. The highest BCUT2D eigenvalue weighted by Crippen LogP contribution is 2.15. The van der Waals surface area contributed by atoms with Crippen LogP contribution in [0.3, 0.4) is 0 Å².